The number of esters is 1. The van der Waals surface area contributed by atoms with Gasteiger partial charge in [-0.1, -0.05) is 54.6 Å². The van der Waals surface area contributed by atoms with Crippen LogP contribution in [-0.2, 0) is 16.0 Å². The van der Waals surface area contributed by atoms with Crippen LogP contribution in [0.15, 0.2) is 66.7 Å². The summed E-state index contributed by atoms with van der Waals surface area (Å²) in [4.78, 5) is 24.0. The second kappa shape index (κ2) is 8.85. The Bertz CT molecular complexity index is 937. The molecular formula is C22H21NO4. The number of benzene rings is 3. The lowest BCUT2D eigenvalue weighted by Crippen LogP contribution is -2.29. The molecule has 0 saturated heterocycles. The van der Waals surface area contributed by atoms with Gasteiger partial charge in [-0.3, -0.25) is 4.79 Å². The second-order valence-electron chi connectivity index (χ2n) is 6.23. The van der Waals surface area contributed by atoms with Gasteiger partial charge < -0.3 is 15.2 Å². The summed E-state index contributed by atoms with van der Waals surface area (Å²) in [6, 6.07) is 20.5. The van der Waals surface area contributed by atoms with Crippen LogP contribution in [0.1, 0.15) is 22.3 Å². The molecule has 3 aromatic carbocycles. The van der Waals surface area contributed by atoms with E-state index in [0.717, 1.165) is 23.6 Å². The molecular weight excluding hydrogens is 342 g/mol. The van der Waals surface area contributed by atoms with E-state index in [9.17, 15) is 14.7 Å². The Morgan fingerprint density at radius 3 is 2.33 bits per heavy atom. The Morgan fingerprint density at radius 1 is 0.926 bits per heavy atom. The molecule has 0 radical (unpaired) electrons. The monoisotopic (exact) mass is 363 g/mol. The topological polar surface area (TPSA) is 75.6 Å². The Morgan fingerprint density at radius 2 is 1.59 bits per heavy atom. The third kappa shape index (κ3) is 5.07. The van der Waals surface area contributed by atoms with Crippen molar-refractivity contribution >= 4 is 22.6 Å². The Kier molecular flexibility index (Phi) is 6.05. The SMILES string of the molecule is O=C(COC(=O)c1cc2ccccc2cc1O)NCCCc1ccccc1. The third-order valence-electron chi connectivity index (χ3n) is 4.23. The molecule has 0 fully saturated rings. The molecule has 27 heavy (non-hydrogen) atoms. The summed E-state index contributed by atoms with van der Waals surface area (Å²) in [6.45, 7) is 0.128. The van der Waals surface area contributed by atoms with Gasteiger partial charge in [0.2, 0.25) is 0 Å². The lowest BCUT2D eigenvalue weighted by molar-refractivity contribution is -0.124. The molecule has 2 N–H and O–H groups in total. The summed E-state index contributed by atoms with van der Waals surface area (Å²) in [5.74, 6) is -1.25. The molecule has 5 heteroatoms. The normalized spacial score (nSPS) is 10.5. The van der Waals surface area contributed by atoms with Crippen LogP contribution in [0, 0.1) is 0 Å². The fourth-order valence-electron chi connectivity index (χ4n) is 2.82. The fourth-order valence-corrected chi connectivity index (χ4v) is 2.82. The van der Waals surface area contributed by atoms with Crippen molar-refractivity contribution in [1.82, 2.24) is 5.32 Å². The highest BCUT2D eigenvalue weighted by molar-refractivity contribution is 5.99. The van der Waals surface area contributed by atoms with Crippen molar-refractivity contribution in [3.63, 3.8) is 0 Å². The number of aryl methyl sites for hydroxylation is 1. The van der Waals surface area contributed by atoms with E-state index >= 15 is 0 Å². The van der Waals surface area contributed by atoms with Gasteiger partial charge in [-0.05, 0) is 41.3 Å². The second-order valence-corrected chi connectivity index (χ2v) is 6.23. The first kappa shape index (κ1) is 18.5. The molecule has 0 saturated carbocycles. The number of nitrogens with one attached hydrogen (secondary N) is 1. The number of phenols is 1. The first-order chi connectivity index (χ1) is 13.1. The highest BCUT2D eigenvalue weighted by atomic mass is 16.5. The lowest BCUT2D eigenvalue weighted by Gasteiger charge is -2.09. The predicted octanol–water partition coefficient (Wildman–Crippen LogP) is 3.45. The van der Waals surface area contributed by atoms with Gasteiger partial charge in [0.1, 0.15) is 11.3 Å². The standard InChI is InChI=1S/C22H21NO4/c24-20-14-18-11-5-4-10-17(18)13-19(20)22(26)27-15-21(25)23-12-6-9-16-7-2-1-3-8-16/h1-5,7-8,10-11,13-14,24H,6,9,12,15H2,(H,23,25). The molecule has 0 aliphatic rings. The zero-order valence-corrected chi connectivity index (χ0v) is 14.9. The van der Waals surface area contributed by atoms with Gasteiger partial charge in [0.15, 0.2) is 6.61 Å². The number of amides is 1. The molecule has 0 unspecified atom stereocenters. The summed E-state index contributed by atoms with van der Waals surface area (Å²) in [7, 11) is 0. The minimum Gasteiger partial charge on any atom is -0.507 e. The quantitative estimate of drug-likeness (QED) is 0.498. The van der Waals surface area contributed by atoms with E-state index in [1.54, 1.807) is 6.07 Å². The minimum absolute atomic E-state index is 0.0468. The van der Waals surface area contributed by atoms with Crippen molar-refractivity contribution in [1.29, 1.82) is 0 Å². The van der Waals surface area contributed by atoms with E-state index in [2.05, 4.69) is 5.32 Å². The first-order valence-corrected chi connectivity index (χ1v) is 8.83. The zero-order chi connectivity index (χ0) is 19.1. The average Bonchev–Trinajstić information content (AvgIpc) is 2.69. The largest absolute Gasteiger partial charge is 0.507 e. The Balaban J connectivity index is 1.46. The summed E-state index contributed by atoms with van der Waals surface area (Å²) in [6.07, 6.45) is 1.67. The van der Waals surface area contributed by atoms with Gasteiger partial charge in [0.05, 0.1) is 0 Å². The molecule has 0 spiro atoms. The van der Waals surface area contributed by atoms with Crippen LogP contribution in [0.2, 0.25) is 0 Å². The van der Waals surface area contributed by atoms with Gasteiger partial charge in [0, 0.05) is 6.54 Å². The van der Waals surface area contributed by atoms with Gasteiger partial charge in [-0.15, -0.1) is 0 Å². The molecule has 0 aromatic heterocycles. The van der Waals surface area contributed by atoms with Crippen molar-refractivity contribution in [2.24, 2.45) is 0 Å². The number of hydrogen-bond acceptors (Lipinski definition) is 4. The van der Waals surface area contributed by atoms with Crippen LogP contribution in [0.5, 0.6) is 5.75 Å². The van der Waals surface area contributed by atoms with Gasteiger partial charge in [0.25, 0.3) is 5.91 Å². The number of rotatable bonds is 7. The van der Waals surface area contributed by atoms with Crippen LogP contribution in [0.4, 0.5) is 0 Å². The summed E-state index contributed by atoms with van der Waals surface area (Å²) < 4.78 is 5.02. The molecule has 0 heterocycles. The number of ether oxygens (including phenoxy) is 1. The zero-order valence-electron chi connectivity index (χ0n) is 14.9. The van der Waals surface area contributed by atoms with E-state index in [-0.39, 0.29) is 23.8 Å². The summed E-state index contributed by atoms with van der Waals surface area (Å²) in [5.41, 5.74) is 1.26. The summed E-state index contributed by atoms with van der Waals surface area (Å²) >= 11 is 0. The highest BCUT2D eigenvalue weighted by Crippen LogP contribution is 2.25. The molecule has 1 amide bonds. The van der Waals surface area contributed by atoms with Crippen LogP contribution in [-0.4, -0.2) is 30.1 Å². The molecule has 0 atom stereocenters. The van der Waals surface area contributed by atoms with Gasteiger partial charge >= 0.3 is 5.97 Å². The number of hydrogen-bond donors (Lipinski definition) is 2. The van der Waals surface area contributed by atoms with Crippen molar-refractivity contribution < 1.29 is 19.4 Å². The van der Waals surface area contributed by atoms with Crippen LogP contribution >= 0.6 is 0 Å². The van der Waals surface area contributed by atoms with Crippen molar-refractivity contribution in [2.75, 3.05) is 13.2 Å². The van der Waals surface area contributed by atoms with Gasteiger partial charge in [-0.25, -0.2) is 4.79 Å². The maximum absolute atomic E-state index is 12.2. The number of fused-ring (bicyclic) bond motifs is 1. The highest BCUT2D eigenvalue weighted by Gasteiger charge is 2.15. The summed E-state index contributed by atoms with van der Waals surface area (Å²) in [5, 5.41) is 14.4. The first-order valence-electron chi connectivity index (χ1n) is 8.83. The molecule has 3 rings (SSSR count). The van der Waals surface area contributed by atoms with Crippen LogP contribution < -0.4 is 5.32 Å². The van der Waals surface area contributed by atoms with E-state index in [1.165, 1.54) is 11.6 Å². The van der Waals surface area contributed by atoms with E-state index < -0.39 is 5.97 Å². The Labute approximate surface area is 157 Å². The van der Waals surface area contributed by atoms with Crippen LogP contribution in [0.25, 0.3) is 10.8 Å². The molecule has 138 valence electrons. The van der Waals surface area contributed by atoms with Crippen molar-refractivity contribution in [3.8, 4) is 5.75 Å². The number of carbonyl (C=O) groups excluding carboxylic acids is 2. The molecule has 5 nitrogen and oxygen atoms in total. The van der Waals surface area contributed by atoms with Crippen molar-refractivity contribution in [2.45, 2.75) is 12.8 Å². The molecule has 3 aromatic rings. The molecule has 0 bridgehead atoms. The Hall–Kier alpha value is -3.34. The number of phenolic OH excluding ortho intramolecular Hbond substituents is 1. The number of aromatic hydroxyl groups is 1. The smallest absolute Gasteiger partial charge is 0.342 e. The number of carbonyl (C=O) groups is 2. The van der Waals surface area contributed by atoms with E-state index in [0.29, 0.717) is 6.54 Å². The maximum Gasteiger partial charge on any atom is 0.342 e. The van der Waals surface area contributed by atoms with Crippen molar-refractivity contribution in [3.05, 3.63) is 77.9 Å². The molecule has 0 aliphatic heterocycles. The predicted molar refractivity (Wildman–Crippen MR) is 104 cm³/mol. The fraction of sp³-hybridized carbons (Fsp3) is 0.182. The third-order valence-corrected chi connectivity index (χ3v) is 4.23. The molecule has 0 aliphatic carbocycles. The maximum atomic E-state index is 12.2. The minimum atomic E-state index is -0.724. The van der Waals surface area contributed by atoms with E-state index in [4.69, 9.17) is 4.74 Å². The van der Waals surface area contributed by atoms with Crippen LogP contribution in [0.3, 0.4) is 0 Å². The average molecular weight is 363 g/mol. The van der Waals surface area contributed by atoms with E-state index in [1.807, 2.05) is 54.6 Å². The lowest BCUT2D eigenvalue weighted by atomic mass is 10.1. The van der Waals surface area contributed by atoms with Gasteiger partial charge in [-0.2, -0.15) is 0 Å².